The van der Waals surface area contributed by atoms with Gasteiger partial charge < -0.3 is 10.2 Å². The highest BCUT2D eigenvalue weighted by Gasteiger charge is 2.19. The average Bonchev–Trinajstić information content (AvgIpc) is 2.28. The first-order valence-electron chi connectivity index (χ1n) is 7.08. The summed E-state index contributed by atoms with van der Waals surface area (Å²) >= 11 is 0. The number of anilines is 1. The third kappa shape index (κ3) is 3.26. The molecule has 2 nitrogen and oxygen atoms in total. The average molecular weight is 246 g/mol. The predicted molar refractivity (Wildman–Crippen MR) is 79.4 cm³/mol. The van der Waals surface area contributed by atoms with Gasteiger partial charge in [-0.25, -0.2) is 0 Å². The lowest BCUT2D eigenvalue weighted by atomic mass is 9.94. The van der Waals surface area contributed by atoms with Crippen molar-refractivity contribution in [3.63, 3.8) is 0 Å². The predicted octanol–water partition coefficient (Wildman–Crippen LogP) is 3.13. The number of hydrogen-bond acceptors (Lipinski definition) is 2. The lowest BCUT2D eigenvalue weighted by Crippen LogP contribution is -2.44. The van der Waals surface area contributed by atoms with Gasteiger partial charge in [0.2, 0.25) is 0 Å². The zero-order chi connectivity index (χ0) is 13.1. The van der Waals surface area contributed by atoms with Crippen LogP contribution in [0.1, 0.15) is 30.9 Å². The van der Waals surface area contributed by atoms with Gasteiger partial charge in [0.15, 0.2) is 0 Å². The molecule has 1 heterocycles. The van der Waals surface area contributed by atoms with E-state index in [-0.39, 0.29) is 0 Å². The largest absolute Gasteiger partial charge is 0.373 e. The molecule has 0 bridgehead atoms. The molecule has 0 radical (unpaired) electrons. The van der Waals surface area contributed by atoms with E-state index in [9.17, 15) is 0 Å². The van der Waals surface area contributed by atoms with Gasteiger partial charge in [0, 0.05) is 25.3 Å². The number of benzene rings is 1. The van der Waals surface area contributed by atoms with Crippen molar-refractivity contribution in [3.05, 3.63) is 29.3 Å². The summed E-state index contributed by atoms with van der Waals surface area (Å²) in [5.41, 5.74) is 4.08. The van der Waals surface area contributed by atoms with Gasteiger partial charge in [0.05, 0.1) is 0 Å². The van der Waals surface area contributed by atoms with E-state index in [0.717, 1.165) is 12.5 Å². The molecule has 1 saturated heterocycles. The topological polar surface area (TPSA) is 15.3 Å². The third-order valence-electron chi connectivity index (χ3n) is 4.01. The van der Waals surface area contributed by atoms with Crippen LogP contribution >= 0.6 is 0 Å². The molecular formula is C16H26N2. The fraction of sp³-hybridized carbons (Fsp3) is 0.625. The number of likely N-dealkylation sites (N-methyl/N-ethyl adjacent to an activating group) is 1. The lowest BCUT2D eigenvalue weighted by Gasteiger charge is -2.33. The molecule has 0 aromatic heterocycles. The van der Waals surface area contributed by atoms with Gasteiger partial charge in [-0.15, -0.1) is 0 Å². The van der Waals surface area contributed by atoms with Gasteiger partial charge in [-0.1, -0.05) is 24.6 Å². The Balaban J connectivity index is 2.00. The van der Waals surface area contributed by atoms with Crippen molar-refractivity contribution in [2.75, 3.05) is 25.0 Å². The first-order valence-corrected chi connectivity index (χ1v) is 7.08. The van der Waals surface area contributed by atoms with Crippen LogP contribution < -0.4 is 10.2 Å². The molecule has 1 N–H and O–H groups in total. The van der Waals surface area contributed by atoms with E-state index in [1.54, 1.807) is 0 Å². The Morgan fingerprint density at radius 3 is 2.78 bits per heavy atom. The molecule has 2 rings (SSSR count). The minimum atomic E-state index is 0.638. The van der Waals surface area contributed by atoms with Crippen LogP contribution in [0.5, 0.6) is 0 Å². The molecule has 1 fully saturated rings. The molecule has 2 heteroatoms. The van der Waals surface area contributed by atoms with E-state index in [4.69, 9.17) is 0 Å². The molecule has 0 amide bonds. The minimum absolute atomic E-state index is 0.638. The van der Waals surface area contributed by atoms with Crippen LogP contribution in [0.3, 0.4) is 0 Å². The number of rotatable bonds is 3. The van der Waals surface area contributed by atoms with Crippen molar-refractivity contribution in [1.82, 2.24) is 5.32 Å². The lowest BCUT2D eigenvalue weighted by molar-refractivity contribution is 0.322. The summed E-state index contributed by atoms with van der Waals surface area (Å²) in [4.78, 5) is 2.39. The maximum absolute atomic E-state index is 3.64. The Hall–Kier alpha value is -1.02. The Labute approximate surface area is 111 Å². The second-order valence-corrected chi connectivity index (χ2v) is 5.95. The van der Waals surface area contributed by atoms with E-state index in [1.807, 2.05) is 0 Å². The zero-order valence-electron chi connectivity index (χ0n) is 12.2. The summed E-state index contributed by atoms with van der Waals surface area (Å²) in [6, 6.07) is 7.36. The summed E-state index contributed by atoms with van der Waals surface area (Å²) in [5, 5.41) is 3.64. The molecule has 2 unspecified atom stereocenters. The first-order chi connectivity index (χ1) is 8.56. The standard InChI is InChI=1S/C16H26N2/c1-12-5-6-16(14(3)9-12)18(4)11-15-10-13(2)7-8-17-15/h5-6,9,13,15,17H,7-8,10-11H2,1-4H3. The normalized spacial score (nSPS) is 24.0. The van der Waals surface area contributed by atoms with E-state index >= 15 is 0 Å². The molecule has 1 aliphatic heterocycles. The highest BCUT2D eigenvalue weighted by molar-refractivity contribution is 5.53. The van der Waals surface area contributed by atoms with Crippen molar-refractivity contribution >= 4 is 5.69 Å². The summed E-state index contributed by atoms with van der Waals surface area (Å²) in [7, 11) is 2.21. The van der Waals surface area contributed by atoms with Gasteiger partial charge in [0.25, 0.3) is 0 Å². The smallest absolute Gasteiger partial charge is 0.0394 e. The SMILES string of the molecule is Cc1ccc(N(C)CC2CC(C)CCN2)c(C)c1. The number of hydrogen-bond donors (Lipinski definition) is 1. The van der Waals surface area contributed by atoms with E-state index in [1.165, 1.54) is 36.2 Å². The van der Waals surface area contributed by atoms with Gasteiger partial charge in [-0.3, -0.25) is 0 Å². The summed E-state index contributed by atoms with van der Waals surface area (Å²) in [5.74, 6) is 0.865. The van der Waals surface area contributed by atoms with Gasteiger partial charge >= 0.3 is 0 Å². The van der Waals surface area contributed by atoms with Crippen molar-refractivity contribution in [2.24, 2.45) is 5.92 Å². The van der Waals surface area contributed by atoms with Crippen LogP contribution in [0.4, 0.5) is 5.69 Å². The van der Waals surface area contributed by atoms with Crippen LogP contribution in [0.15, 0.2) is 18.2 Å². The summed E-state index contributed by atoms with van der Waals surface area (Å²) < 4.78 is 0. The Kier molecular flexibility index (Phi) is 4.28. The van der Waals surface area contributed by atoms with Crippen molar-refractivity contribution in [2.45, 2.75) is 39.7 Å². The highest BCUT2D eigenvalue weighted by Crippen LogP contribution is 2.22. The van der Waals surface area contributed by atoms with Crippen LogP contribution in [0.25, 0.3) is 0 Å². The van der Waals surface area contributed by atoms with Gasteiger partial charge in [0.1, 0.15) is 0 Å². The first kappa shape index (κ1) is 13.4. The Morgan fingerprint density at radius 1 is 1.33 bits per heavy atom. The zero-order valence-corrected chi connectivity index (χ0v) is 12.2. The van der Waals surface area contributed by atoms with Crippen LogP contribution in [0, 0.1) is 19.8 Å². The maximum Gasteiger partial charge on any atom is 0.0394 e. The minimum Gasteiger partial charge on any atom is -0.373 e. The monoisotopic (exact) mass is 246 g/mol. The Morgan fingerprint density at radius 2 is 2.11 bits per heavy atom. The van der Waals surface area contributed by atoms with E-state index in [2.05, 4.69) is 56.2 Å². The molecule has 0 saturated carbocycles. The van der Waals surface area contributed by atoms with Crippen LogP contribution in [-0.4, -0.2) is 26.2 Å². The molecule has 1 aromatic carbocycles. The molecular weight excluding hydrogens is 220 g/mol. The van der Waals surface area contributed by atoms with E-state index in [0.29, 0.717) is 6.04 Å². The fourth-order valence-electron chi connectivity index (χ4n) is 3.02. The fourth-order valence-corrected chi connectivity index (χ4v) is 3.02. The van der Waals surface area contributed by atoms with Crippen molar-refractivity contribution in [1.29, 1.82) is 0 Å². The molecule has 1 aliphatic rings. The van der Waals surface area contributed by atoms with E-state index < -0.39 is 0 Å². The Bertz CT molecular complexity index is 400. The molecule has 1 aromatic rings. The second-order valence-electron chi connectivity index (χ2n) is 5.95. The number of aryl methyl sites for hydroxylation is 2. The van der Waals surface area contributed by atoms with Gasteiger partial charge in [-0.2, -0.15) is 0 Å². The molecule has 18 heavy (non-hydrogen) atoms. The number of nitrogens with zero attached hydrogens (tertiary/aromatic N) is 1. The second kappa shape index (κ2) is 5.75. The molecule has 2 atom stereocenters. The molecule has 100 valence electrons. The summed E-state index contributed by atoms with van der Waals surface area (Å²) in [6.07, 6.45) is 2.62. The highest BCUT2D eigenvalue weighted by atomic mass is 15.1. The van der Waals surface area contributed by atoms with Crippen LogP contribution in [0.2, 0.25) is 0 Å². The van der Waals surface area contributed by atoms with Gasteiger partial charge in [-0.05, 0) is 50.8 Å². The molecule has 0 aliphatic carbocycles. The third-order valence-corrected chi connectivity index (χ3v) is 4.01. The molecule has 0 spiro atoms. The quantitative estimate of drug-likeness (QED) is 0.881. The van der Waals surface area contributed by atoms with Crippen LogP contribution in [-0.2, 0) is 0 Å². The maximum atomic E-state index is 3.64. The number of piperidine rings is 1. The number of nitrogens with one attached hydrogen (secondary N) is 1. The van der Waals surface area contributed by atoms with Crippen molar-refractivity contribution < 1.29 is 0 Å². The summed E-state index contributed by atoms with van der Waals surface area (Å²) in [6.45, 7) is 9.00. The van der Waals surface area contributed by atoms with Crippen molar-refractivity contribution in [3.8, 4) is 0 Å².